The van der Waals surface area contributed by atoms with Crippen LogP contribution in [0.25, 0.3) is 0 Å². The van der Waals surface area contributed by atoms with Crippen molar-refractivity contribution in [2.45, 2.75) is 74.8 Å². The number of hydrogen-bond acceptors (Lipinski definition) is 4. The molecule has 3 saturated carbocycles. The van der Waals surface area contributed by atoms with E-state index in [-0.39, 0.29) is 22.6 Å². The van der Waals surface area contributed by atoms with Gasteiger partial charge in [0.25, 0.3) is 5.91 Å². The van der Waals surface area contributed by atoms with Crippen molar-refractivity contribution in [3.63, 3.8) is 0 Å². The number of benzene rings is 1. The molecule has 0 heterocycles. The molecule has 4 rings (SSSR count). The van der Waals surface area contributed by atoms with Crippen LogP contribution >= 0.6 is 0 Å². The monoisotopic (exact) mass is 406 g/mol. The van der Waals surface area contributed by atoms with Gasteiger partial charge in [0.2, 0.25) is 10.0 Å². The summed E-state index contributed by atoms with van der Waals surface area (Å²) in [7, 11) is -2.25. The number of ether oxygens (including phenoxy) is 1. The maximum Gasteiger partial charge on any atom is 0.254 e. The lowest BCUT2D eigenvalue weighted by molar-refractivity contribution is 0.0698. The van der Waals surface area contributed by atoms with E-state index in [1.807, 2.05) is 4.90 Å². The molecule has 0 atom stereocenters. The van der Waals surface area contributed by atoms with E-state index in [1.165, 1.54) is 45.3 Å². The number of amides is 1. The fourth-order valence-electron chi connectivity index (χ4n) is 4.10. The molecule has 1 aromatic rings. The fourth-order valence-corrected chi connectivity index (χ4v) is 5.60. The molecule has 28 heavy (non-hydrogen) atoms. The van der Waals surface area contributed by atoms with E-state index in [0.717, 1.165) is 32.2 Å². The van der Waals surface area contributed by atoms with Crippen molar-refractivity contribution in [1.82, 2.24) is 9.62 Å². The van der Waals surface area contributed by atoms with Crippen LogP contribution in [0.3, 0.4) is 0 Å². The molecular weight excluding hydrogens is 376 g/mol. The smallest absolute Gasteiger partial charge is 0.254 e. The summed E-state index contributed by atoms with van der Waals surface area (Å²) in [6, 6.07) is 5.08. The molecular formula is C21H30N2O4S. The Morgan fingerprint density at radius 2 is 1.82 bits per heavy atom. The van der Waals surface area contributed by atoms with Gasteiger partial charge in [-0.25, -0.2) is 13.1 Å². The molecule has 0 bridgehead atoms. The average Bonchev–Trinajstić information content (AvgIpc) is 3.61. The Bertz CT molecular complexity index is 825. The molecule has 0 aliphatic heterocycles. The van der Waals surface area contributed by atoms with Gasteiger partial charge in [-0.15, -0.1) is 0 Å². The number of hydrogen-bond donors (Lipinski definition) is 1. The molecule has 1 amide bonds. The lowest BCUT2D eigenvalue weighted by Gasteiger charge is -2.30. The number of nitrogens with zero attached hydrogens (tertiary/aromatic N) is 1. The summed E-state index contributed by atoms with van der Waals surface area (Å²) >= 11 is 0. The van der Waals surface area contributed by atoms with Crippen LogP contribution in [0.5, 0.6) is 5.75 Å². The highest BCUT2D eigenvalue weighted by Crippen LogP contribution is 2.34. The molecule has 3 fully saturated rings. The van der Waals surface area contributed by atoms with E-state index < -0.39 is 10.0 Å². The van der Waals surface area contributed by atoms with Crippen molar-refractivity contribution in [2.24, 2.45) is 5.92 Å². The molecule has 1 N–H and O–H groups in total. The third-order valence-electron chi connectivity index (χ3n) is 6.03. The summed E-state index contributed by atoms with van der Waals surface area (Å²) in [4.78, 5) is 15.3. The van der Waals surface area contributed by atoms with Crippen molar-refractivity contribution < 1.29 is 17.9 Å². The van der Waals surface area contributed by atoms with Gasteiger partial charge < -0.3 is 9.64 Å². The van der Waals surface area contributed by atoms with E-state index in [2.05, 4.69) is 4.72 Å². The fraction of sp³-hybridized carbons (Fsp3) is 0.667. The Balaban J connectivity index is 1.57. The second kappa shape index (κ2) is 8.03. The molecule has 1 aromatic carbocycles. The van der Waals surface area contributed by atoms with Gasteiger partial charge in [-0.05, 0) is 62.6 Å². The molecule has 0 unspecified atom stereocenters. The zero-order valence-corrected chi connectivity index (χ0v) is 17.3. The minimum absolute atomic E-state index is 0.00308. The summed E-state index contributed by atoms with van der Waals surface area (Å²) in [6.45, 7) is 0.790. The van der Waals surface area contributed by atoms with Crippen LogP contribution in [-0.2, 0) is 10.0 Å². The van der Waals surface area contributed by atoms with Crippen molar-refractivity contribution in [2.75, 3.05) is 13.7 Å². The van der Waals surface area contributed by atoms with Gasteiger partial charge in [-0.2, -0.15) is 0 Å². The van der Waals surface area contributed by atoms with Crippen molar-refractivity contribution in [3.8, 4) is 5.75 Å². The maximum absolute atomic E-state index is 13.3. The van der Waals surface area contributed by atoms with Crippen LogP contribution < -0.4 is 9.46 Å². The van der Waals surface area contributed by atoms with Crippen LogP contribution in [0.2, 0.25) is 0 Å². The number of carbonyl (C=O) groups is 1. The normalized spacial score (nSPS) is 20.8. The zero-order chi connectivity index (χ0) is 19.7. The molecule has 0 saturated heterocycles. The quantitative estimate of drug-likeness (QED) is 0.719. The number of carbonyl (C=O) groups excluding carboxylic acids is 1. The number of nitrogens with one attached hydrogen (secondary N) is 1. The minimum Gasteiger partial charge on any atom is -0.495 e. The van der Waals surface area contributed by atoms with E-state index in [9.17, 15) is 13.2 Å². The number of rotatable bonds is 8. The molecule has 154 valence electrons. The van der Waals surface area contributed by atoms with E-state index in [4.69, 9.17) is 4.74 Å². The van der Waals surface area contributed by atoms with Gasteiger partial charge in [-0.3, -0.25) is 4.79 Å². The molecule has 0 spiro atoms. The maximum atomic E-state index is 13.3. The van der Waals surface area contributed by atoms with Gasteiger partial charge in [0.05, 0.1) is 7.11 Å². The largest absolute Gasteiger partial charge is 0.495 e. The van der Waals surface area contributed by atoms with Gasteiger partial charge in [0.15, 0.2) is 0 Å². The first-order valence-corrected chi connectivity index (χ1v) is 12.0. The Hall–Kier alpha value is -1.60. The second-order valence-electron chi connectivity index (χ2n) is 8.45. The molecule has 0 radical (unpaired) electrons. The van der Waals surface area contributed by atoms with Crippen molar-refractivity contribution >= 4 is 15.9 Å². The minimum atomic E-state index is -3.70. The first kappa shape index (κ1) is 19.7. The van der Waals surface area contributed by atoms with E-state index in [0.29, 0.717) is 17.5 Å². The molecule has 0 aromatic heterocycles. The van der Waals surface area contributed by atoms with Gasteiger partial charge in [0, 0.05) is 24.2 Å². The second-order valence-corrected chi connectivity index (χ2v) is 10.1. The van der Waals surface area contributed by atoms with Crippen LogP contribution in [0.15, 0.2) is 23.1 Å². The molecule has 7 heteroatoms. The van der Waals surface area contributed by atoms with Gasteiger partial charge in [0.1, 0.15) is 10.6 Å². The van der Waals surface area contributed by atoms with Crippen LogP contribution in [0.1, 0.15) is 68.1 Å². The predicted molar refractivity (Wildman–Crippen MR) is 107 cm³/mol. The Labute approximate surface area is 167 Å². The highest BCUT2D eigenvalue weighted by atomic mass is 32.2. The van der Waals surface area contributed by atoms with Crippen LogP contribution in [-0.4, -0.2) is 45.0 Å². The van der Waals surface area contributed by atoms with E-state index in [1.54, 1.807) is 12.1 Å². The summed E-state index contributed by atoms with van der Waals surface area (Å²) in [5.41, 5.74) is 0.430. The average molecular weight is 407 g/mol. The Morgan fingerprint density at radius 3 is 2.43 bits per heavy atom. The molecule has 6 nitrogen and oxygen atoms in total. The third kappa shape index (κ3) is 4.51. The standard InChI is InChI=1S/C21H30N2O4S/c1-27-19-12-7-16(13-20(19)28(25,26)22-17-8-9-17)21(24)23(18-10-11-18)14-15-5-3-2-4-6-15/h7,12-13,15,17-18,22H,2-6,8-11,14H2,1H3. The third-order valence-corrected chi connectivity index (χ3v) is 7.57. The summed E-state index contributed by atoms with van der Waals surface area (Å²) in [5.74, 6) is 0.782. The molecule has 3 aliphatic rings. The SMILES string of the molecule is COc1ccc(C(=O)N(CC2CCCCC2)C2CC2)cc1S(=O)(=O)NC1CC1. The highest BCUT2D eigenvalue weighted by Gasteiger charge is 2.36. The highest BCUT2D eigenvalue weighted by molar-refractivity contribution is 7.89. The first-order chi connectivity index (χ1) is 13.5. The van der Waals surface area contributed by atoms with Gasteiger partial charge in [-0.1, -0.05) is 19.3 Å². The first-order valence-electron chi connectivity index (χ1n) is 10.5. The van der Waals surface area contributed by atoms with Crippen molar-refractivity contribution in [1.29, 1.82) is 0 Å². The molecule has 3 aliphatic carbocycles. The van der Waals surface area contributed by atoms with Crippen LogP contribution in [0, 0.1) is 5.92 Å². The Morgan fingerprint density at radius 1 is 1.11 bits per heavy atom. The lowest BCUT2D eigenvalue weighted by Crippen LogP contribution is -2.38. The van der Waals surface area contributed by atoms with Crippen molar-refractivity contribution in [3.05, 3.63) is 23.8 Å². The lowest BCUT2D eigenvalue weighted by atomic mass is 9.89. The number of sulfonamides is 1. The van der Waals surface area contributed by atoms with Crippen LogP contribution in [0.4, 0.5) is 0 Å². The van der Waals surface area contributed by atoms with Gasteiger partial charge >= 0.3 is 0 Å². The Kier molecular flexibility index (Phi) is 5.65. The topological polar surface area (TPSA) is 75.7 Å². The van der Waals surface area contributed by atoms with E-state index >= 15 is 0 Å². The zero-order valence-electron chi connectivity index (χ0n) is 16.5. The summed E-state index contributed by atoms with van der Waals surface area (Å²) in [6.07, 6.45) is 9.96. The summed E-state index contributed by atoms with van der Waals surface area (Å²) < 4.78 is 33.5. The summed E-state index contributed by atoms with van der Waals surface area (Å²) in [5, 5.41) is 0. The number of methoxy groups -OCH3 is 1. The predicted octanol–water partition coefficient (Wildman–Crippen LogP) is 3.32.